The van der Waals surface area contributed by atoms with Gasteiger partial charge in [-0.2, -0.15) is 0 Å². The van der Waals surface area contributed by atoms with Crippen LogP contribution in [0.5, 0.6) is 0 Å². The Morgan fingerprint density at radius 1 is 1.53 bits per heavy atom. The Morgan fingerprint density at radius 3 is 3.00 bits per heavy atom. The number of hydrogen-bond donors (Lipinski definition) is 1. The maximum atomic E-state index is 5.42. The summed E-state index contributed by atoms with van der Waals surface area (Å²) in [6.07, 6.45) is 4.98. The first-order chi connectivity index (χ1) is 7.38. The van der Waals surface area contributed by atoms with Crippen LogP contribution in [0.1, 0.15) is 38.0 Å². The lowest BCUT2D eigenvalue weighted by Gasteiger charge is -2.15. The van der Waals surface area contributed by atoms with Crippen LogP contribution in [-0.2, 0) is 4.74 Å². The molecule has 3 heteroatoms. The van der Waals surface area contributed by atoms with Gasteiger partial charge in [-0.3, -0.25) is 0 Å². The molecule has 0 fully saturated rings. The zero-order valence-electron chi connectivity index (χ0n) is 9.66. The maximum absolute atomic E-state index is 5.42. The summed E-state index contributed by atoms with van der Waals surface area (Å²) in [6.45, 7) is 4.00. The number of methoxy groups -OCH3 is 1. The molecular formula is C12H21NO2. The van der Waals surface area contributed by atoms with Gasteiger partial charge in [-0.25, -0.2) is 0 Å². The van der Waals surface area contributed by atoms with Crippen LogP contribution in [0.15, 0.2) is 22.8 Å². The second-order valence-electron chi connectivity index (χ2n) is 3.66. The zero-order valence-corrected chi connectivity index (χ0v) is 9.66. The molecule has 0 bridgehead atoms. The van der Waals surface area contributed by atoms with Crippen LogP contribution < -0.4 is 5.32 Å². The molecule has 1 aromatic rings. The fourth-order valence-corrected chi connectivity index (χ4v) is 1.58. The van der Waals surface area contributed by atoms with E-state index < -0.39 is 0 Å². The first kappa shape index (κ1) is 12.3. The van der Waals surface area contributed by atoms with Gasteiger partial charge < -0.3 is 14.5 Å². The average molecular weight is 211 g/mol. The Hall–Kier alpha value is -0.800. The summed E-state index contributed by atoms with van der Waals surface area (Å²) in [7, 11) is 1.74. The fourth-order valence-electron chi connectivity index (χ4n) is 1.58. The Labute approximate surface area is 91.8 Å². The molecule has 0 aliphatic heterocycles. The van der Waals surface area contributed by atoms with Crippen LogP contribution in [0, 0.1) is 0 Å². The number of nitrogens with one attached hydrogen (secondary N) is 1. The highest BCUT2D eigenvalue weighted by molar-refractivity contribution is 5.04. The minimum Gasteiger partial charge on any atom is -0.468 e. The predicted octanol–water partition coefficient (Wildman–Crippen LogP) is 2.75. The third kappa shape index (κ3) is 4.49. The first-order valence-electron chi connectivity index (χ1n) is 5.64. The van der Waals surface area contributed by atoms with Gasteiger partial charge in [-0.1, -0.05) is 6.92 Å². The van der Waals surface area contributed by atoms with Gasteiger partial charge in [0.25, 0.3) is 0 Å². The topological polar surface area (TPSA) is 34.4 Å². The van der Waals surface area contributed by atoms with Crippen molar-refractivity contribution in [1.82, 2.24) is 5.32 Å². The minimum atomic E-state index is 0.329. The van der Waals surface area contributed by atoms with Crippen molar-refractivity contribution in [3.05, 3.63) is 24.2 Å². The molecule has 0 spiro atoms. The van der Waals surface area contributed by atoms with Gasteiger partial charge in [0.05, 0.1) is 12.3 Å². The molecule has 3 nitrogen and oxygen atoms in total. The van der Waals surface area contributed by atoms with E-state index in [1.165, 1.54) is 0 Å². The van der Waals surface area contributed by atoms with Crippen LogP contribution in [0.2, 0.25) is 0 Å². The first-order valence-corrected chi connectivity index (χ1v) is 5.64. The number of hydrogen-bond acceptors (Lipinski definition) is 3. The van der Waals surface area contributed by atoms with Crippen molar-refractivity contribution in [3.8, 4) is 0 Å². The normalized spacial score (nSPS) is 12.9. The Balaban J connectivity index is 2.39. The van der Waals surface area contributed by atoms with Crippen molar-refractivity contribution in [3.63, 3.8) is 0 Å². The molecule has 1 heterocycles. The molecule has 0 saturated heterocycles. The van der Waals surface area contributed by atoms with E-state index >= 15 is 0 Å². The molecule has 0 aromatic carbocycles. The molecule has 1 N–H and O–H groups in total. The molecular weight excluding hydrogens is 190 g/mol. The van der Waals surface area contributed by atoms with Gasteiger partial charge in [0.1, 0.15) is 5.76 Å². The summed E-state index contributed by atoms with van der Waals surface area (Å²) in [5.41, 5.74) is 0. The van der Waals surface area contributed by atoms with Crippen molar-refractivity contribution in [2.75, 3.05) is 20.3 Å². The summed E-state index contributed by atoms with van der Waals surface area (Å²) in [4.78, 5) is 0. The van der Waals surface area contributed by atoms with Gasteiger partial charge in [0.2, 0.25) is 0 Å². The number of rotatable bonds is 8. The lowest BCUT2D eigenvalue weighted by Crippen LogP contribution is -2.22. The smallest absolute Gasteiger partial charge is 0.120 e. The van der Waals surface area contributed by atoms with E-state index in [9.17, 15) is 0 Å². The molecule has 15 heavy (non-hydrogen) atoms. The van der Waals surface area contributed by atoms with E-state index in [0.29, 0.717) is 6.04 Å². The van der Waals surface area contributed by atoms with Gasteiger partial charge in [0.15, 0.2) is 0 Å². The molecule has 1 aromatic heterocycles. The van der Waals surface area contributed by atoms with Gasteiger partial charge in [-0.05, 0) is 37.9 Å². The molecule has 0 aliphatic carbocycles. The third-order valence-electron chi connectivity index (χ3n) is 2.37. The minimum absolute atomic E-state index is 0.329. The second-order valence-corrected chi connectivity index (χ2v) is 3.66. The quantitative estimate of drug-likeness (QED) is 0.671. The van der Waals surface area contributed by atoms with E-state index in [1.807, 2.05) is 12.1 Å². The predicted molar refractivity (Wildman–Crippen MR) is 60.9 cm³/mol. The number of ether oxygens (including phenoxy) is 1. The van der Waals surface area contributed by atoms with Gasteiger partial charge >= 0.3 is 0 Å². The molecule has 0 amide bonds. The molecule has 0 saturated carbocycles. The van der Waals surface area contributed by atoms with Crippen LogP contribution >= 0.6 is 0 Å². The lowest BCUT2D eigenvalue weighted by molar-refractivity contribution is 0.187. The summed E-state index contributed by atoms with van der Waals surface area (Å²) >= 11 is 0. The highest BCUT2D eigenvalue weighted by Crippen LogP contribution is 2.18. The summed E-state index contributed by atoms with van der Waals surface area (Å²) in [5.74, 6) is 1.03. The highest BCUT2D eigenvalue weighted by Gasteiger charge is 2.12. The molecule has 86 valence electrons. The van der Waals surface area contributed by atoms with E-state index in [2.05, 4.69) is 12.2 Å². The van der Waals surface area contributed by atoms with Gasteiger partial charge in [0, 0.05) is 13.7 Å². The van der Waals surface area contributed by atoms with Crippen LogP contribution in [0.25, 0.3) is 0 Å². The maximum Gasteiger partial charge on any atom is 0.120 e. The zero-order chi connectivity index (χ0) is 10.9. The summed E-state index contributed by atoms with van der Waals surface area (Å²) in [6, 6.07) is 4.29. The summed E-state index contributed by atoms with van der Waals surface area (Å²) < 4.78 is 10.5. The van der Waals surface area contributed by atoms with Crippen molar-refractivity contribution in [2.24, 2.45) is 0 Å². The standard InChI is InChI=1S/C12H21NO2/c1-3-8-13-11(6-4-9-14-2)12-7-5-10-15-12/h5,7,10-11,13H,3-4,6,8-9H2,1-2H3. The number of furan rings is 1. The SMILES string of the molecule is CCCNC(CCCOC)c1ccco1. The van der Waals surface area contributed by atoms with E-state index in [0.717, 1.165) is 38.2 Å². The van der Waals surface area contributed by atoms with Crippen molar-refractivity contribution >= 4 is 0 Å². The monoisotopic (exact) mass is 211 g/mol. The van der Waals surface area contributed by atoms with E-state index in [1.54, 1.807) is 13.4 Å². The molecule has 1 rings (SSSR count). The van der Waals surface area contributed by atoms with E-state index in [-0.39, 0.29) is 0 Å². The van der Waals surface area contributed by atoms with Crippen molar-refractivity contribution < 1.29 is 9.15 Å². The van der Waals surface area contributed by atoms with Crippen LogP contribution in [0.4, 0.5) is 0 Å². The van der Waals surface area contributed by atoms with Crippen LogP contribution in [0.3, 0.4) is 0 Å². The largest absolute Gasteiger partial charge is 0.468 e. The molecule has 1 atom stereocenters. The molecule has 1 unspecified atom stereocenters. The van der Waals surface area contributed by atoms with Crippen molar-refractivity contribution in [1.29, 1.82) is 0 Å². The van der Waals surface area contributed by atoms with Gasteiger partial charge in [-0.15, -0.1) is 0 Å². The molecule has 0 radical (unpaired) electrons. The third-order valence-corrected chi connectivity index (χ3v) is 2.37. The summed E-state index contributed by atoms with van der Waals surface area (Å²) in [5, 5.41) is 3.48. The average Bonchev–Trinajstić information content (AvgIpc) is 2.76. The lowest BCUT2D eigenvalue weighted by atomic mass is 10.1. The second kappa shape index (κ2) is 7.49. The fraction of sp³-hybridized carbons (Fsp3) is 0.667. The van der Waals surface area contributed by atoms with Crippen LogP contribution in [-0.4, -0.2) is 20.3 Å². The molecule has 0 aliphatic rings. The highest BCUT2D eigenvalue weighted by atomic mass is 16.5. The van der Waals surface area contributed by atoms with Crippen molar-refractivity contribution in [2.45, 2.75) is 32.2 Å². The van der Waals surface area contributed by atoms with E-state index in [4.69, 9.17) is 9.15 Å². The Kier molecular flexibility index (Phi) is 6.12. The Bertz CT molecular complexity index is 234. The Morgan fingerprint density at radius 2 is 2.40 bits per heavy atom.